The molecule has 2 nitrogen and oxygen atoms in total. The third kappa shape index (κ3) is 3.03. The first-order valence-corrected chi connectivity index (χ1v) is 7.01. The maximum absolute atomic E-state index is 13.7. The van der Waals surface area contributed by atoms with E-state index in [1.807, 2.05) is 13.8 Å². The van der Waals surface area contributed by atoms with E-state index in [-0.39, 0.29) is 22.3 Å². The Morgan fingerprint density at radius 3 is 2.79 bits per heavy atom. The van der Waals surface area contributed by atoms with Crippen molar-refractivity contribution in [2.24, 2.45) is 5.41 Å². The zero-order chi connectivity index (χ0) is 14.2. The first-order valence-electron chi connectivity index (χ1n) is 6.19. The highest BCUT2D eigenvalue weighted by molar-refractivity contribution is 6.31. The molecule has 2 rings (SSSR count). The number of halogens is 3. The summed E-state index contributed by atoms with van der Waals surface area (Å²) in [6.45, 7) is 5.09. The number of alkyl halides is 1. The Morgan fingerprint density at radius 1 is 1.47 bits per heavy atom. The van der Waals surface area contributed by atoms with Crippen LogP contribution in [0, 0.1) is 11.2 Å². The van der Waals surface area contributed by atoms with Gasteiger partial charge < -0.3 is 4.90 Å². The van der Waals surface area contributed by atoms with Gasteiger partial charge in [-0.2, -0.15) is 0 Å². The van der Waals surface area contributed by atoms with E-state index in [4.69, 9.17) is 23.2 Å². The Balaban J connectivity index is 2.23. The number of likely N-dealkylation sites (tertiary alicyclic amines) is 1. The van der Waals surface area contributed by atoms with Gasteiger partial charge in [-0.3, -0.25) is 4.79 Å². The highest BCUT2D eigenvalue weighted by atomic mass is 35.5. The lowest BCUT2D eigenvalue weighted by Crippen LogP contribution is -2.49. The summed E-state index contributed by atoms with van der Waals surface area (Å²) in [6.07, 6.45) is 0.711. The number of benzene rings is 1. The molecule has 1 heterocycles. The van der Waals surface area contributed by atoms with Gasteiger partial charge in [0.1, 0.15) is 5.82 Å². The second kappa shape index (κ2) is 5.29. The number of carbonyl (C=O) groups excluding carboxylic acids is 1. The molecule has 19 heavy (non-hydrogen) atoms. The molecule has 5 heteroatoms. The van der Waals surface area contributed by atoms with Crippen molar-refractivity contribution in [1.29, 1.82) is 0 Å². The molecule has 1 aromatic rings. The Hall–Kier alpha value is -0.800. The fraction of sp³-hybridized carbons (Fsp3) is 0.500. The summed E-state index contributed by atoms with van der Waals surface area (Å²) in [4.78, 5) is 14.0. The summed E-state index contributed by atoms with van der Waals surface area (Å²) in [6, 6.07) is 4.02. The van der Waals surface area contributed by atoms with Crippen LogP contribution in [0.5, 0.6) is 0 Å². The molecular formula is C14H16Cl2FNO. The predicted molar refractivity (Wildman–Crippen MR) is 75.4 cm³/mol. The molecule has 0 aliphatic carbocycles. The van der Waals surface area contributed by atoms with Gasteiger partial charge in [0.05, 0.1) is 5.56 Å². The van der Waals surface area contributed by atoms with E-state index in [9.17, 15) is 9.18 Å². The molecule has 1 amide bonds. The average molecular weight is 304 g/mol. The van der Waals surface area contributed by atoms with Crippen molar-refractivity contribution in [3.8, 4) is 0 Å². The fourth-order valence-corrected chi connectivity index (χ4v) is 2.67. The second-order valence-corrected chi connectivity index (χ2v) is 6.56. The average Bonchev–Trinajstić information content (AvgIpc) is 2.35. The number of rotatable bonds is 1. The molecule has 1 aromatic carbocycles. The van der Waals surface area contributed by atoms with Gasteiger partial charge in [-0.05, 0) is 30.0 Å². The van der Waals surface area contributed by atoms with Crippen LogP contribution < -0.4 is 0 Å². The smallest absolute Gasteiger partial charge is 0.256 e. The van der Waals surface area contributed by atoms with E-state index in [1.165, 1.54) is 18.2 Å². The normalized spacial score (nSPS) is 22.4. The van der Waals surface area contributed by atoms with E-state index in [0.717, 1.165) is 0 Å². The van der Waals surface area contributed by atoms with Crippen molar-refractivity contribution in [1.82, 2.24) is 4.90 Å². The lowest BCUT2D eigenvalue weighted by molar-refractivity contribution is 0.0588. The number of hydrogen-bond acceptors (Lipinski definition) is 1. The number of hydrogen-bond donors (Lipinski definition) is 0. The first-order chi connectivity index (χ1) is 8.81. The minimum absolute atomic E-state index is 0.0244. The van der Waals surface area contributed by atoms with Gasteiger partial charge in [-0.1, -0.05) is 25.4 Å². The number of carbonyl (C=O) groups is 1. The summed E-state index contributed by atoms with van der Waals surface area (Å²) in [5, 5.41) is 0.386. The Morgan fingerprint density at radius 2 is 2.16 bits per heavy atom. The SMILES string of the molecule is CC1(C)CN(C(=O)c2cc(Cl)ccc2F)CCC1Cl. The molecule has 0 spiro atoms. The van der Waals surface area contributed by atoms with Gasteiger partial charge in [-0.25, -0.2) is 4.39 Å². The zero-order valence-corrected chi connectivity index (χ0v) is 12.4. The van der Waals surface area contributed by atoms with E-state index in [1.54, 1.807) is 4.90 Å². The monoisotopic (exact) mass is 303 g/mol. The summed E-state index contributed by atoms with van der Waals surface area (Å²) in [5.74, 6) is -0.864. The van der Waals surface area contributed by atoms with Crippen molar-refractivity contribution < 1.29 is 9.18 Å². The van der Waals surface area contributed by atoms with Crippen molar-refractivity contribution >= 4 is 29.1 Å². The summed E-state index contributed by atoms with van der Waals surface area (Å²) < 4.78 is 13.7. The van der Waals surface area contributed by atoms with E-state index in [0.29, 0.717) is 24.5 Å². The van der Waals surface area contributed by atoms with Gasteiger partial charge in [0, 0.05) is 23.5 Å². The van der Waals surface area contributed by atoms with E-state index in [2.05, 4.69) is 0 Å². The van der Waals surface area contributed by atoms with Crippen LogP contribution in [0.3, 0.4) is 0 Å². The fourth-order valence-electron chi connectivity index (χ4n) is 2.34. The van der Waals surface area contributed by atoms with Crippen LogP contribution >= 0.6 is 23.2 Å². The third-order valence-corrected chi connectivity index (χ3v) is 4.59. The molecule has 0 saturated carbocycles. The molecule has 1 atom stereocenters. The number of piperidine rings is 1. The van der Waals surface area contributed by atoms with Crippen LogP contribution in [0.1, 0.15) is 30.6 Å². The highest BCUT2D eigenvalue weighted by Gasteiger charge is 2.37. The Bertz CT molecular complexity index is 504. The van der Waals surface area contributed by atoms with Crippen LogP contribution in [-0.2, 0) is 0 Å². The van der Waals surface area contributed by atoms with E-state index < -0.39 is 5.82 Å². The van der Waals surface area contributed by atoms with Gasteiger partial charge in [0.25, 0.3) is 5.91 Å². The number of amides is 1. The Kier molecular flexibility index (Phi) is 4.07. The van der Waals surface area contributed by atoms with Crippen molar-refractivity contribution in [2.75, 3.05) is 13.1 Å². The Labute approximate surface area is 122 Å². The minimum Gasteiger partial charge on any atom is -0.338 e. The molecule has 1 unspecified atom stereocenters. The molecule has 0 radical (unpaired) electrons. The minimum atomic E-state index is -0.541. The number of nitrogens with zero attached hydrogens (tertiary/aromatic N) is 1. The maximum atomic E-state index is 13.7. The topological polar surface area (TPSA) is 20.3 Å². The molecule has 104 valence electrons. The summed E-state index contributed by atoms with van der Waals surface area (Å²) in [7, 11) is 0. The van der Waals surface area contributed by atoms with E-state index >= 15 is 0 Å². The van der Waals surface area contributed by atoms with Crippen LogP contribution in [0.25, 0.3) is 0 Å². The lowest BCUT2D eigenvalue weighted by atomic mass is 9.83. The van der Waals surface area contributed by atoms with Gasteiger partial charge in [0.2, 0.25) is 0 Å². The molecule has 0 bridgehead atoms. The van der Waals surface area contributed by atoms with Gasteiger partial charge in [-0.15, -0.1) is 11.6 Å². The molecule has 1 fully saturated rings. The molecular weight excluding hydrogens is 288 g/mol. The van der Waals surface area contributed by atoms with Crippen molar-refractivity contribution in [2.45, 2.75) is 25.6 Å². The summed E-state index contributed by atoms with van der Waals surface area (Å²) >= 11 is 12.1. The first kappa shape index (κ1) is 14.6. The second-order valence-electron chi connectivity index (χ2n) is 5.60. The van der Waals surface area contributed by atoms with Gasteiger partial charge in [0.15, 0.2) is 0 Å². The molecule has 0 aromatic heterocycles. The van der Waals surface area contributed by atoms with Crippen LogP contribution in [0.15, 0.2) is 18.2 Å². The van der Waals surface area contributed by atoms with Crippen molar-refractivity contribution in [3.05, 3.63) is 34.6 Å². The zero-order valence-electron chi connectivity index (χ0n) is 10.9. The molecule has 0 N–H and O–H groups in total. The predicted octanol–water partition coefficient (Wildman–Crippen LogP) is 3.96. The lowest BCUT2D eigenvalue weighted by Gasteiger charge is -2.41. The van der Waals surface area contributed by atoms with Crippen molar-refractivity contribution in [3.63, 3.8) is 0 Å². The van der Waals surface area contributed by atoms with Crippen LogP contribution in [0.4, 0.5) is 4.39 Å². The molecule has 1 aliphatic heterocycles. The maximum Gasteiger partial charge on any atom is 0.256 e. The van der Waals surface area contributed by atoms with Gasteiger partial charge >= 0.3 is 0 Å². The molecule has 1 saturated heterocycles. The molecule has 1 aliphatic rings. The standard InChI is InChI=1S/C14H16Cl2FNO/c1-14(2)8-18(6-5-12(14)16)13(19)10-7-9(15)3-4-11(10)17/h3-4,7,12H,5-6,8H2,1-2H3. The highest BCUT2D eigenvalue weighted by Crippen LogP contribution is 2.34. The van der Waals surface area contributed by atoms with Crippen LogP contribution in [0.2, 0.25) is 5.02 Å². The quantitative estimate of drug-likeness (QED) is 0.719. The van der Waals surface area contributed by atoms with Crippen LogP contribution in [-0.4, -0.2) is 29.3 Å². The third-order valence-electron chi connectivity index (χ3n) is 3.54. The summed E-state index contributed by atoms with van der Waals surface area (Å²) in [5.41, 5.74) is -0.152. The largest absolute Gasteiger partial charge is 0.338 e.